The Morgan fingerprint density at radius 3 is 2.38 bits per heavy atom. The number of nitrogens with one attached hydrogen (secondary N) is 1. The maximum Gasteiger partial charge on any atom is 0.408 e. The number of aromatic nitrogens is 2. The molecule has 2 heterocycles. The zero-order valence-corrected chi connectivity index (χ0v) is 31.3. The van der Waals surface area contributed by atoms with Crippen LogP contribution in [-0.4, -0.2) is 76.4 Å². The molecule has 1 N–H and O–H groups in total. The minimum absolute atomic E-state index is 0.0614. The number of carbonyl (C=O) groups excluding carboxylic acids is 3. The van der Waals surface area contributed by atoms with Crippen LogP contribution in [0, 0.1) is 23.2 Å². The first-order valence-electron chi connectivity index (χ1n) is 17.7. The maximum absolute atomic E-state index is 14.7. The molecule has 2 aromatic rings. The molecule has 2 amide bonds. The van der Waals surface area contributed by atoms with Crippen molar-refractivity contribution in [3.63, 3.8) is 0 Å². The molecule has 11 nitrogen and oxygen atoms in total. The molecule has 11 heteroatoms. The molecule has 1 aromatic carbocycles. The third kappa shape index (κ3) is 9.75. The predicted octanol–water partition coefficient (Wildman–Crippen LogP) is 7.13. The van der Waals surface area contributed by atoms with Gasteiger partial charge in [-0.05, 0) is 88.3 Å². The van der Waals surface area contributed by atoms with Gasteiger partial charge in [0.05, 0.1) is 24.7 Å². The minimum Gasteiger partial charge on any atom is -0.497 e. The number of fused-ring (bicyclic) bond motifs is 1. The molecule has 0 bridgehead atoms. The molecule has 0 unspecified atom stereocenters. The van der Waals surface area contributed by atoms with E-state index in [9.17, 15) is 14.4 Å². The summed E-state index contributed by atoms with van der Waals surface area (Å²) >= 11 is 0. The predicted molar refractivity (Wildman–Crippen MR) is 194 cm³/mol. The van der Waals surface area contributed by atoms with E-state index in [1.807, 2.05) is 32.9 Å². The molecule has 4 rings (SSSR count). The van der Waals surface area contributed by atoms with Crippen LogP contribution in [0.25, 0.3) is 17.1 Å². The van der Waals surface area contributed by atoms with E-state index >= 15 is 0 Å². The lowest BCUT2D eigenvalue weighted by molar-refractivity contribution is -0.165. The second kappa shape index (κ2) is 15.8. The molecule has 1 saturated heterocycles. The SMILES string of the molecule is C=CCCC[C@@H]1C[C@H]1OC(=O)N[C@H](C(=O)N1C[C@H](Oc2nc3cc(OC)ccc3nc2C=C)[C@@H](CC(C)C)[C@H]1C(=O)OC(C)(C)C)C(C)(C)C. The number of rotatable bonds is 14. The largest absolute Gasteiger partial charge is 0.497 e. The summed E-state index contributed by atoms with van der Waals surface area (Å²) in [6.07, 6.45) is 6.22. The molecule has 50 heavy (non-hydrogen) atoms. The number of amides is 2. The summed E-state index contributed by atoms with van der Waals surface area (Å²) in [6, 6.07) is 3.41. The number of nitrogens with zero attached hydrogens (tertiary/aromatic N) is 3. The van der Waals surface area contributed by atoms with E-state index in [-0.39, 0.29) is 24.4 Å². The molecule has 1 aliphatic carbocycles. The van der Waals surface area contributed by atoms with E-state index in [0.29, 0.717) is 34.8 Å². The van der Waals surface area contributed by atoms with Crippen molar-refractivity contribution in [2.75, 3.05) is 13.7 Å². The van der Waals surface area contributed by atoms with Crippen LogP contribution in [0.4, 0.5) is 4.79 Å². The van der Waals surface area contributed by atoms with Gasteiger partial charge >= 0.3 is 12.1 Å². The van der Waals surface area contributed by atoms with Crippen molar-refractivity contribution in [2.24, 2.45) is 23.2 Å². The highest BCUT2D eigenvalue weighted by atomic mass is 16.6. The lowest BCUT2D eigenvalue weighted by Gasteiger charge is -2.36. The van der Waals surface area contributed by atoms with Crippen molar-refractivity contribution < 1.29 is 33.3 Å². The summed E-state index contributed by atoms with van der Waals surface area (Å²) in [6.45, 7) is 22.9. The highest BCUT2D eigenvalue weighted by Gasteiger charge is 2.53. The Bertz CT molecular complexity index is 1560. The molecule has 6 atom stereocenters. The Labute approximate surface area is 297 Å². The molecular formula is C39H56N4O7. The van der Waals surface area contributed by atoms with E-state index < -0.39 is 53.1 Å². The maximum atomic E-state index is 14.7. The molecule has 0 radical (unpaired) electrons. The fourth-order valence-electron chi connectivity index (χ4n) is 6.54. The molecular weight excluding hydrogens is 636 g/mol. The van der Waals surface area contributed by atoms with E-state index in [2.05, 4.69) is 32.3 Å². The van der Waals surface area contributed by atoms with Crippen molar-refractivity contribution >= 4 is 35.1 Å². The van der Waals surface area contributed by atoms with Crippen LogP contribution in [0.2, 0.25) is 0 Å². The van der Waals surface area contributed by atoms with Gasteiger partial charge in [-0.2, -0.15) is 0 Å². The van der Waals surface area contributed by atoms with Gasteiger partial charge in [-0.15, -0.1) is 6.58 Å². The van der Waals surface area contributed by atoms with Crippen molar-refractivity contribution in [3.8, 4) is 11.6 Å². The number of likely N-dealkylation sites (tertiary alicyclic amines) is 1. The zero-order chi connectivity index (χ0) is 37.0. The van der Waals surface area contributed by atoms with Gasteiger partial charge in [0.2, 0.25) is 11.8 Å². The standard InChI is InChI=1S/C39H56N4O7/c1-12-14-15-16-24-20-30(24)49-37(46)42-33(38(5,6)7)35(44)43-22-31(26(19-23(3)4)32(43)36(45)50-39(8,9)10)48-34-27(13-2)40-28-18-17-25(47-11)21-29(28)41-34/h12-13,17-18,21,23-24,26,30-33H,1-2,14-16,19-20,22H2,3-11H3,(H,42,46)/t24-,26-,30-,31+,32+,33-/m1/s1. The molecule has 1 aromatic heterocycles. The molecule has 1 aliphatic heterocycles. The summed E-state index contributed by atoms with van der Waals surface area (Å²) in [5, 5.41) is 2.86. The Morgan fingerprint density at radius 1 is 1.06 bits per heavy atom. The van der Waals surface area contributed by atoms with Gasteiger partial charge in [-0.3, -0.25) is 4.79 Å². The number of allylic oxidation sites excluding steroid dienone is 1. The smallest absolute Gasteiger partial charge is 0.408 e. The number of hydrogen-bond acceptors (Lipinski definition) is 9. The topological polar surface area (TPSA) is 129 Å². The second-order valence-corrected chi connectivity index (χ2v) is 16.0. The summed E-state index contributed by atoms with van der Waals surface area (Å²) in [4.78, 5) is 53.0. The van der Waals surface area contributed by atoms with Gasteiger partial charge in [-0.1, -0.05) is 47.3 Å². The van der Waals surface area contributed by atoms with Crippen LogP contribution in [0.15, 0.2) is 37.4 Å². The molecule has 0 spiro atoms. The normalized spacial score (nSPS) is 22.5. The summed E-state index contributed by atoms with van der Waals surface area (Å²) in [7, 11) is 1.58. The fraction of sp³-hybridized carbons (Fsp3) is 0.615. The molecule has 2 fully saturated rings. The molecule has 274 valence electrons. The van der Waals surface area contributed by atoms with Gasteiger partial charge in [0.1, 0.15) is 41.3 Å². The van der Waals surface area contributed by atoms with Crippen LogP contribution < -0.4 is 14.8 Å². The first-order chi connectivity index (χ1) is 23.4. The van der Waals surface area contributed by atoms with Crippen molar-refractivity contribution in [1.29, 1.82) is 0 Å². The van der Waals surface area contributed by atoms with Gasteiger partial charge in [0, 0.05) is 12.0 Å². The quantitative estimate of drug-likeness (QED) is 0.125. The van der Waals surface area contributed by atoms with Gasteiger partial charge < -0.3 is 29.2 Å². The van der Waals surface area contributed by atoms with E-state index in [1.165, 1.54) is 4.90 Å². The van der Waals surface area contributed by atoms with Crippen LogP contribution in [-0.2, 0) is 19.1 Å². The van der Waals surface area contributed by atoms with Crippen molar-refractivity contribution in [3.05, 3.63) is 43.1 Å². The van der Waals surface area contributed by atoms with Crippen molar-refractivity contribution in [2.45, 2.75) is 117 Å². The van der Waals surface area contributed by atoms with E-state index in [1.54, 1.807) is 46.1 Å². The second-order valence-electron chi connectivity index (χ2n) is 16.0. The fourth-order valence-corrected chi connectivity index (χ4v) is 6.54. The Morgan fingerprint density at radius 2 is 1.78 bits per heavy atom. The molecule has 1 saturated carbocycles. The average Bonchev–Trinajstić information content (AvgIpc) is 3.66. The van der Waals surface area contributed by atoms with E-state index in [0.717, 1.165) is 25.7 Å². The minimum atomic E-state index is -0.993. The number of esters is 1. The monoisotopic (exact) mass is 692 g/mol. The Kier molecular flexibility index (Phi) is 12.2. The lowest BCUT2D eigenvalue weighted by Crippen LogP contribution is -2.58. The van der Waals surface area contributed by atoms with E-state index in [4.69, 9.17) is 28.9 Å². The number of carbonyl (C=O) groups is 3. The Balaban J connectivity index is 1.67. The summed E-state index contributed by atoms with van der Waals surface area (Å²) < 4.78 is 23.7. The van der Waals surface area contributed by atoms with Crippen molar-refractivity contribution in [1.82, 2.24) is 20.2 Å². The highest BCUT2D eigenvalue weighted by Crippen LogP contribution is 2.39. The number of unbranched alkanes of at least 4 members (excludes halogenated alkanes) is 1. The van der Waals surface area contributed by atoms with Gasteiger partial charge in [0.15, 0.2) is 0 Å². The van der Waals surface area contributed by atoms with Crippen LogP contribution in [0.3, 0.4) is 0 Å². The summed E-state index contributed by atoms with van der Waals surface area (Å²) in [5.41, 5.74) is 0.122. The number of alkyl carbamates (subject to hydrolysis) is 1. The number of hydrogen-bond donors (Lipinski definition) is 1. The third-order valence-electron chi connectivity index (χ3n) is 9.07. The first kappa shape index (κ1) is 38.6. The average molecular weight is 693 g/mol. The molecule has 2 aliphatic rings. The number of methoxy groups -OCH3 is 1. The number of benzene rings is 1. The number of ether oxygens (including phenoxy) is 4. The Hall–Kier alpha value is -4.15. The first-order valence-corrected chi connectivity index (χ1v) is 17.7. The summed E-state index contributed by atoms with van der Waals surface area (Å²) in [5.74, 6) is -0.0789. The van der Waals surface area contributed by atoms with Crippen LogP contribution in [0.5, 0.6) is 11.6 Å². The van der Waals surface area contributed by atoms with Crippen LogP contribution >= 0.6 is 0 Å². The third-order valence-corrected chi connectivity index (χ3v) is 9.07. The van der Waals surface area contributed by atoms with Crippen LogP contribution in [0.1, 0.15) is 93.2 Å². The zero-order valence-electron chi connectivity index (χ0n) is 31.3. The van der Waals surface area contributed by atoms with Gasteiger partial charge in [-0.25, -0.2) is 19.6 Å². The van der Waals surface area contributed by atoms with Gasteiger partial charge in [0.25, 0.3) is 0 Å². The lowest BCUT2D eigenvalue weighted by atomic mass is 9.85. The highest BCUT2D eigenvalue weighted by molar-refractivity contribution is 5.91.